The number of carbonyl (C=O) groups is 1. The van der Waals surface area contributed by atoms with E-state index in [2.05, 4.69) is 10.1 Å². The number of halogens is 3. The van der Waals surface area contributed by atoms with Gasteiger partial charge in [-0.15, -0.1) is 0 Å². The number of fused-ring (bicyclic) bond motifs is 2. The van der Waals surface area contributed by atoms with Crippen LogP contribution in [-0.4, -0.2) is 41.3 Å². The SMILES string of the molecule is [B]C1([B])c2ncccc2C(=O)N1Cc1c(F)cc(-c2cc(Cl)c3nn(C)cc3c2)cc1F. The summed E-state index contributed by atoms with van der Waals surface area (Å²) in [6.07, 6.45) is 3.21. The van der Waals surface area contributed by atoms with Crippen LogP contribution in [-0.2, 0) is 18.9 Å². The number of rotatable bonds is 3. The van der Waals surface area contributed by atoms with Crippen LogP contribution in [0.15, 0.2) is 48.8 Å². The number of carbonyl (C=O) groups excluding carboxylic acids is 1. The number of hydrogen-bond acceptors (Lipinski definition) is 3. The van der Waals surface area contributed by atoms with Gasteiger partial charge < -0.3 is 4.90 Å². The van der Waals surface area contributed by atoms with Gasteiger partial charge in [0.1, 0.15) is 17.2 Å². The Bertz CT molecular complexity index is 1400. The van der Waals surface area contributed by atoms with E-state index >= 15 is 8.78 Å². The van der Waals surface area contributed by atoms with Gasteiger partial charge in [0.15, 0.2) is 0 Å². The Morgan fingerprint density at radius 2 is 1.81 bits per heavy atom. The Hall–Kier alpha value is -3.19. The molecular weight excluding hydrogens is 431 g/mol. The number of aromatic nitrogens is 3. The lowest BCUT2D eigenvalue weighted by molar-refractivity contribution is 0.0727. The first-order chi connectivity index (χ1) is 15.2. The first kappa shape index (κ1) is 20.7. The normalized spacial score (nSPS) is 14.9. The van der Waals surface area contributed by atoms with Crippen molar-refractivity contribution in [2.75, 3.05) is 0 Å². The van der Waals surface area contributed by atoms with Crippen molar-refractivity contribution in [1.29, 1.82) is 0 Å². The highest BCUT2D eigenvalue weighted by molar-refractivity contribution is 6.42. The molecule has 4 radical (unpaired) electrons. The zero-order chi connectivity index (χ0) is 22.8. The van der Waals surface area contributed by atoms with Gasteiger partial charge in [0.25, 0.3) is 5.91 Å². The maximum Gasteiger partial charge on any atom is 0.255 e. The predicted molar refractivity (Wildman–Crippen MR) is 118 cm³/mol. The van der Waals surface area contributed by atoms with Crippen LogP contribution in [0.25, 0.3) is 22.0 Å². The summed E-state index contributed by atoms with van der Waals surface area (Å²) < 4.78 is 31.7. The standard InChI is InChI=1S/C22H13B2ClF2N4O/c1-30-9-13-5-11(6-16(25)19(13)29-30)12-7-17(26)15(18(27)8-12)10-31-21(32)14-3-2-4-28-20(14)22(31,23)24/h2-9H,10H2,1H3. The zero-order valence-corrected chi connectivity index (χ0v) is 17.6. The average Bonchev–Trinajstić information content (AvgIpc) is 3.21. The molecule has 1 aliphatic rings. The summed E-state index contributed by atoms with van der Waals surface area (Å²) in [5, 5.41) is 3.58. The maximum absolute atomic E-state index is 15.1. The van der Waals surface area contributed by atoms with Crippen LogP contribution in [0.4, 0.5) is 8.78 Å². The summed E-state index contributed by atoms with van der Waals surface area (Å²) in [4.78, 5) is 17.8. The smallest absolute Gasteiger partial charge is 0.255 e. The number of nitrogens with zero attached hydrogens (tertiary/aromatic N) is 4. The molecule has 32 heavy (non-hydrogen) atoms. The molecule has 2 aromatic carbocycles. The molecule has 0 saturated heterocycles. The molecule has 3 heterocycles. The fourth-order valence-corrected chi connectivity index (χ4v) is 4.26. The lowest BCUT2D eigenvalue weighted by Crippen LogP contribution is -2.45. The van der Waals surface area contributed by atoms with E-state index in [-0.39, 0.29) is 16.8 Å². The van der Waals surface area contributed by atoms with Crippen molar-refractivity contribution in [2.24, 2.45) is 7.05 Å². The summed E-state index contributed by atoms with van der Waals surface area (Å²) in [5.74, 6) is -2.22. The van der Waals surface area contributed by atoms with Gasteiger partial charge in [-0.1, -0.05) is 11.6 Å². The van der Waals surface area contributed by atoms with Gasteiger partial charge in [-0.25, -0.2) is 8.78 Å². The first-order valence-corrected chi connectivity index (χ1v) is 10.0. The van der Waals surface area contributed by atoms with Crippen molar-refractivity contribution in [3.05, 3.63) is 82.3 Å². The van der Waals surface area contributed by atoms with Crippen LogP contribution in [0.1, 0.15) is 21.6 Å². The molecule has 0 atom stereocenters. The van der Waals surface area contributed by atoms with Crippen LogP contribution in [0, 0.1) is 11.6 Å². The van der Waals surface area contributed by atoms with E-state index in [4.69, 9.17) is 27.3 Å². The molecule has 4 aromatic rings. The number of hydrogen-bond donors (Lipinski definition) is 0. The highest BCUT2D eigenvalue weighted by atomic mass is 35.5. The van der Waals surface area contributed by atoms with Crippen LogP contribution >= 0.6 is 11.6 Å². The van der Waals surface area contributed by atoms with Gasteiger partial charge in [-0.3, -0.25) is 14.5 Å². The topological polar surface area (TPSA) is 51.0 Å². The summed E-state index contributed by atoms with van der Waals surface area (Å²) >= 11 is 6.30. The second-order valence-electron chi connectivity index (χ2n) is 7.73. The number of aryl methyl sites for hydroxylation is 1. The van der Waals surface area contributed by atoms with Gasteiger partial charge in [-0.05, 0) is 47.5 Å². The molecule has 0 aliphatic carbocycles. The lowest BCUT2D eigenvalue weighted by atomic mass is 9.59. The van der Waals surface area contributed by atoms with E-state index in [1.807, 2.05) is 0 Å². The van der Waals surface area contributed by atoms with E-state index in [0.29, 0.717) is 21.7 Å². The molecule has 5 nitrogen and oxygen atoms in total. The minimum atomic E-state index is -1.79. The van der Waals surface area contributed by atoms with Crippen molar-refractivity contribution in [2.45, 2.75) is 11.9 Å². The van der Waals surface area contributed by atoms with Crippen molar-refractivity contribution < 1.29 is 13.6 Å². The van der Waals surface area contributed by atoms with E-state index in [1.165, 1.54) is 24.4 Å². The van der Waals surface area contributed by atoms with Crippen molar-refractivity contribution in [3.8, 4) is 11.1 Å². The van der Waals surface area contributed by atoms with Crippen LogP contribution in [0.2, 0.25) is 5.02 Å². The van der Waals surface area contributed by atoms with Gasteiger partial charge in [0.05, 0.1) is 38.5 Å². The lowest BCUT2D eigenvalue weighted by Gasteiger charge is -2.33. The molecule has 0 bridgehead atoms. The van der Waals surface area contributed by atoms with E-state index in [0.717, 1.165) is 10.3 Å². The number of benzene rings is 2. The quantitative estimate of drug-likeness (QED) is 0.453. The average molecular weight is 444 g/mol. The molecule has 0 N–H and O–H groups in total. The fourth-order valence-electron chi connectivity index (χ4n) is 4.00. The van der Waals surface area contributed by atoms with Gasteiger partial charge >= 0.3 is 0 Å². The Balaban J connectivity index is 1.53. The Labute approximate surface area is 189 Å². The Morgan fingerprint density at radius 3 is 2.50 bits per heavy atom. The van der Waals surface area contributed by atoms with Crippen molar-refractivity contribution >= 4 is 44.1 Å². The second kappa shape index (κ2) is 7.17. The van der Waals surface area contributed by atoms with Crippen LogP contribution < -0.4 is 0 Å². The zero-order valence-electron chi connectivity index (χ0n) is 16.8. The summed E-state index contributed by atoms with van der Waals surface area (Å²) in [6, 6.07) is 8.81. The first-order valence-electron chi connectivity index (χ1n) is 9.63. The highest BCUT2D eigenvalue weighted by Gasteiger charge is 2.43. The molecule has 154 valence electrons. The molecule has 0 fully saturated rings. The molecular formula is C22H13B2ClF2N4O. The van der Waals surface area contributed by atoms with Gasteiger partial charge in [0.2, 0.25) is 0 Å². The van der Waals surface area contributed by atoms with E-state index < -0.39 is 29.4 Å². The summed E-state index contributed by atoms with van der Waals surface area (Å²) in [6.45, 7) is -0.456. The molecule has 5 rings (SSSR count). The van der Waals surface area contributed by atoms with Gasteiger partial charge in [0, 0.05) is 35.7 Å². The summed E-state index contributed by atoms with van der Waals surface area (Å²) in [5.41, 5.74) is 1.44. The largest absolute Gasteiger partial charge is 0.340 e. The molecule has 10 heteroatoms. The van der Waals surface area contributed by atoms with Crippen molar-refractivity contribution in [3.63, 3.8) is 0 Å². The third-order valence-electron chi connectivity index (χ3n) is 5.58. The Morgan fingerprint density at radius 1 is 1.12 bits per heavy atom. The van der Waals surface area contributed by atoms with E-state index in [9.17, 15) is 4.79 Å². The van der Waals surface area contributed by atoms with Gasteiger partial charge in [-0.2, -0.15) is 5.10 Å². The molecule has 2 aromatic heterocycles. The molecule has 0 spiro atoms. The summed E-state index contributed by atoms with van der Waals surface area (Å²) in [7, 11) is 14.0. The van der Waals surface area contributed by atoms with E-state index in [1.54, 1.807) is 36.1 Å². The van der Waals surface area contributed by atoms with Crippen LogP contribution in [0.3, 0.4) is 0 Å². The number of amides is 1. The van der Waals surface area contributed by atoms with Crippen LogP contribution in [0.5, 0.6) is 0 Å². The maximum atomic E-state index is 15.1. The molecule has 1 aliphatic heterocycles. The third-order valence-corrected chi connectivity index (χ3v) is 5.86. The second-order valence-corrected chi connectivity index (χ2v) is 8.14. The monoisotopic (exact) mass is 444 g/mol. The predicted octanol–water partition coefficient (Wildman–Crippen LogP) is 3.67. The third kappa shape index (κ3) is 3.11. The Kier molecular flexibility index (Phi) is 4.64. The highest BCUT2D eigenvalue weighted by Crippen LogP contribution is 2.36. The van der Waals surface area contributed by atoms with Crippen molar-refractivity contribution in [1.82, 2.24) is 19.7 Å². The molecule has 0 unspecified atom stereocenters. The molecule has 0 saturated carbocycles. The minimum Gasteiger partial charge on any atom is -0.340 e. The fraction of sp³-hybridized carbons (Fsp3) is 0.136. The molecule has 1 amide bonds. The minimum absolute atomic E-state index is 0.154. The number of pyridine rings is 1.